The molecule has 0 radical (unpaired) electrons. The van der Waals surface area contributed by atoms with Crippen LogP contribution in [0.4, 0.5) is 0 Å². The first kappa shape index (κ1) is 27.4. The topological polar surface area (TPSA) is 9.23 Å². The van der Waals surface area contributed by atoms with E-state index in [0.29, 0.717) is 0 Å². The number of rotatable bonds is 5. The van der Waals surface area contributed by atoms with Crippen LogP contribution in [0.3, 0.4) is 0 Å². The highest BCUT2D eigenvalue weighted by Gasteiger charge is 2.46. The number of methoxy groups -OCH3 is 1. The molecule has 0 amide bonds. The van der Waals surface area contributed by atoms with Crippen molar-refractivity contribution in [2.24, 2.45) is 0 Å². The van der Waals surface area contributed by atoms with E-state index in [0.717, 1.165) is 5.75 Å². The molecular weight excluding hydrogens is 569 g/mol. The van der Waals surface area contributed by atoms with Crippen LogP contribution >= 0.6 is 0 Å². The van der Waals surface area contributed by atoms with Crippen molar-refractivity contribution in [3.63, 3.8) is 0 Å². The summed E-state index contributed by atoms with van der Waals surface area (Å²) in [6.07, 6.45) is 0. The highest BCUT2D eigenvalue weighted by molar-refractivity contribution is 6.09. The minimum atomic E-state index is -0.460. The summed E-state index contributed by atoms with van der Waals surface area (Å²) in [4.78, 5) is 0. The van der Waals surface area contributed by atoms with E-state index in [1.165, 1.54) is 77.2 Å². The normalized spacial score (nSPS) is 13.0. The summed E-state index contributed by atoms with van der Waals surface area (Å²) >= 11 is 0. The van der Waals surface area contributed by atoms with Gasteiger partial charge in [0.15, 0.2) is 0 Å². The van der Waals surface area contributed by atoms with Crippen molar-refractivity contribution in [1.82, 2.24) is 0 Å². The van der Waals surface area contributed by atoms with Crippen LogP contribution in [0.25, 0.3) is 54.9 Å². The predicted octanol–water partition coefficient (Wildman–Crippen LogP) is 11.7. The van der Waals surface area contributed by atoms with Crippen molar-refractivity contribution in [2.75, 3.05) is 7.11 Å². The van der Waals surface area contributed by atoms with E-state index in [-0.39, 0.29) is 0 Å². The van der Waals surface area contributed by atoms with Gasteiger partial charge in [0.1, 0.15) is 5.75 Å². The molecule has 0 spiro atoms. The molecule has 0 bridgehead atoms. The minimum Gasteiger partial charge on any atom is -0.497 e. The van der Waals surface area contributed by atoms with E-state index >= 15 is 0 Å². The van der Waals surface area contributed by atoms with Gasteiger partial charge in [-0.25, -0.2) is 0 Å². The molecule has 0 N–H and O–H groups in total. The standard InChI is InChI=1S/C46H32O/c1-47-37-24-22-32(23-25-37)38-26-27-39(34-21-20-31-12-8-9-13-33(31)28-34)41-29-43-40-18-10-11-19-44(40)46(45(43)30-42(38)41,35-14-4-2-5-15-35)36-16-6-3-7-17-36/h2-30H,1H3. The molecule has 0 saturated carbocycles. The first-order valence-electron chi connectivity index (χ1n) is 16.2. The van der Waals surface area contributed by atoms with Crippen molar-refractivity contribution in [1.29, 1.82) is 0 Å². The van der Waals surface area contributed by atoms with Gasteiger partial charge in [-0.2, -0.15) is 0 Å². The van der Waals surface area contributed by atoms with Crippen molar-refractivity contribution in [2.45, 2.75) is 5.41 Å². The monoisotopic (exact) mass is 600 g/mol. The fourth-order valence-electron chi connectivity index (χ4n) is 7.91. The van der Waals surface area contributed by atoms with E-state index < -0.39 is 5.41 Å². The van der Waals surface area contributed by atoms with Gasteiger partial charge in [-0.05, 0) is 108 Å². The predicted molar refractivity (Wildman–Crippen MR) is 196 cm³/mol. The van der Waals surface area contributed by atoms with Gasteiger partial charge in [0.25, 0.3) is 0 Å². The molecule has 0 unspecified atom stereocenters. The lowest BCUT2D eigenvalue weighted by Gasteiger charge is -2.34. The highest BCUT2D eigenvalue weighted by Crippen LogP contribution is 2.57. The molecule has 1 heteroatoms. The molecule has 9 rings (SSSR count). The zero-order chi connectivity index (χ0) is 31.4. The van der Waals surface area contributed by atoms with Gasteiger partial charge in [-0.3, -0.25) is 0 Å². The number of hydrogen-bond acceptors (Lipinski definition) is 1. The van der Waals surface area contributed by atoms with Crippen molar-refractivity contribution in [3.8, 4) is 39.1 Å². The number of fused-ring (bicyclic) bond motifs is 5. The Morgan fingerprint density at radius 1 is 0.383 bits per heavy atom. The second kappa shape index (κ2) is 10.9. The molecule has 1 nitrogen and oxygen atoms in total. The Morgan fingerprint density at radius 2 is 0.957 bits per heavy atom. The maximum absolute atomic E-state index is 5.53. The van der Waals surface area contributed by atoms with Crippen molar-refractivity contribution < 1.29 is 4.74 Å². The smallest absolute Gasteiger partial charge is 0.118 e. The molecule has 8 aromatic carbocycles. The quantitative estimate of drug-likeness (QED) is 0.191. The molecule has 0 aliphatic heterocycles. The van der Waals surface area contributed by atoms with E-state index in [9.17, 15) is 0 Å². The molecule has 222 valence electrons. The Balaban J connectivity index is 1.41. The van der Waals surface area contributed by atoms with Gasteiger partial charge < -0.3 is 4.74 Å². The van der Waals surface area contributed by atoms with E-state index in [1.807, 2.05) is 0 Å². The Bertz CT molecular complexity index is 2380. The lowest BCUT2D eigenvalue weighted by Crippen LogP contribution is -2.28. The molecule has 8 aromatic rings. The molecule has 1 aliphatic carbocycles. The van der Waals surface area contributed by atoms with Gasteiger partial charge in [-0.1, -0.05) is 146 Å². The van der Waals surface area contributed by atoms with Gasteiger partial charge >= 0.3 is 0 Å². The summed E-state index contributed by atoms with van der Waals surface area (Å²) in [5.74, 6) is 0.856. The Labute approximate surface area is 275 Å². The minimum absolute atomic E-state index is 0.460. The average molecular weight is 601 g/mol. The third-order valence-electron chi connectivity index (χ3n) is 10.1. The second-order valence-corrected chi connectivity index (χ2v) is 12.4. The third kappa shape index (κ3) is 4.17. The SMILES string of the molecule is COc1ccc(-c2ccc(-c3ccc4ccccc4c3)c3cc4c(cc23)C(c2ccccc2)(c2ccccc2)c2ccccc2-4)cc1. The first-order chi connectivity index (χ1) is 23.3. The van der Waals surface area contributed by atoms with Crippen LogP contribution in [-0.4, -0.2) is 7.11 Å². The van der Waals surface area contributed by atoms with Crippen molar-refractivity contribution in [3.05, 3.63) is 198 Å². The summed E-state index contributed by atoms with van der Waals surface area (Å²) < 4.78 is 5.53. The van der Waals surface area contributed by atoms with Gasteiger partial charge in [-0.15, -0.1) is 0 Å². The lowest BCUT2D eigenvalue weighted by molar-refractivity contribution is 0.415. The fraction of sp³-hybridized carbons (Fsp3) is 0.0435. The van der Waals surface area contributed by atoms with Gasteiger partial charge in [0.2, 0.25) is 0 Å². The molecule has 0 aromatic heterocycles. The fourth-order valence-corrected chi connectivity index (χ4v) is 7.91. The second-order valence-electron chi connectivity index (χ2n) is 12.4. The summed E-state index contributed by atoms with van der Waals surface area (Å²) in [5, 5.41) is 4.99. The molecule has 0 saturated heterocycles. The zero-order valence-corrected chi connectivity index (χ0v) is 26.2. The maximum atomic E-state index is 5.53. The number of hydrogen-bond donors (Lipinski definition) is 0. The highest BCUT2D eigenvalue weighted by atomic mass is 16.5. The Morgan fingerprint density at radius 3 is 1.66 bits per heavy atom. The molecule has 0 atom stereocenters. The van der Waals surface area contributed by atoms with Crippen LogP contribution in [0, 0.1) is 0 Å². The van der Waals surface area contributed by atoms with Crippen molar-refractivity contribution >= 4 is 21.5 Å². The van der Waals surface area contributed by atoms with E-state index in [2.05, 4.69) is 176 Å². The average Bonchev–Trinajstić information content (AvgIpc) is 3.44. The summed E-state index contributed by atoms with van der Waals surface area (Å²) in [6, 6.07) is 64.5. The van der Waals surface area contributed by atoms with Crippen LogP contribution in [0.2, 0.25) is 0 Å². The third-order valence-corrected chi connectivity index (χ3v) is 10.1. The lowest BCUT2D eigenvalue weighted by atomic mass is 9.67. The van der Waals surface area contributed by atoms with E-state index in [1.54, 1.807) is 7.11 Å². The summed E-state index contributed by atoms with van der Waals surface area (Å²) in [5.41, 5.74) is 12.1. The van der Waals surface area contributed by atoms with Crippen LogP contribution in [0.5, 0.6) is 5.75 Å². The Kier molecular flexibility index (Phi) is 6.33. The molecule has 0 heterocycles. The van der Waals surface area contributed by atoms with Crippen LogP contribution in [-0.2, 0) is 5.41 Å². The number of ether oxygens (including phenoxy) is 1. The van der Waals surface area contributed by atoms with Crippen LogP contribution in [0.15, 0.2) is 176 Å². The number of benzene rings is 8. The van der Waals surface area contributed by atoms with Gasteiger partial charge in [0.05, 0.1) is 12.5 Å². The molecule has 1 aliphatic rings. The Hall–Kier alpha value is -5.92. The van der Waals surface area contributed by atoms with Crippen LogP contribution < -0.4 is 4.74 Å². The molecule has 47 heavy (non-hydrogen) atoms. The zero-order valence-electron chi connectivity index (χ0n) is 26.2. The first-order valence-corrected chi connectivity index (χ1v) is 16.2. The molecule has 0 fully saturated rings. The van der Waals surface area contributed by atoms with E-state index in [4.69, 9.17) is 4.74 Å². The van der Waals surface area contributed by atoms with Crippen LogP contribution in [0.1, 0.15) is 22.3 Å². The summed E-state index contributed by atoms with van der Waals surface area (Å²) in [6.45, 7) is 0. The molecular formula is C46H32O. The largest absolute Gasteiger partial charge is 0.497 e. The summed E-state index contributed by atoms with van der Waals surface area (Å²) in [7, 11) is 1.72. The van der Waals surface area contributed by atoms with Gasteiger partial charge in [0, 0.05) is 0 Å². The maximum Gasteiger partial charge on any atom is 0.118 e.